The van der Waals surface area contributed by atoms with E-state index in [2.05, 4.69) is 24.9 Å². The smallest absolute Gasteiger partial charge is 0.155 e. The third-order valence-electron chi connectivity index (χ3n) is 5.70. The molecule has 0 radical (unpaired) electrons. The maximum Gasteiger partial charge on any atom is 0.155 e. The molecular weight excluding hydrogens is 431 g/mol. The largest absolute Gasteiger partial charge is 0.391 e. The van der Waals surface area contributed by atoms with Crippen LogP contribution in [0.25, 0.3) is 11.3 Å². The Hall–Kier alpha value is -2.55. The zero-order valence-electron chi connectivity index (χ0n) is 18.4. The second-order valence-corrected chi connectivity index (χ2v) is 8.38. The van der Waals surface area contributed by atoms with Gasteiger partial charge in [0.2, 0.25) is 0 Å². The highest BCUT2D eigenvalue weighted by molar-refractivity contribution is 5.85. The minimum atomic E-state index is -0.390. The minimum absolute atomic E-state index is 0. The van der Waals surface area contributed by atoms with Gasteiger partial charge in [-0.15, -0.1) is 12.4 Å². The van der Waals surface area contributed by atoms with Crippen LogP contribution in [0.2, 0.25) is 0 Å². The van der Waals surface area contributed by atoms with Gasteiger partial charge in [-0.3, -0.25) is 14.6 Å². The lowest BCUT2D eigenvalue weighted by molar-refractivity contribution is 0.103. The van der Waals surface area contributed by atoms with Crippen LogP contribution < -0.4 is 4.90 Å². The molecule has 3 aromatic rings. The summed E-state index contributed by atoms with van der Waals surface area (Å²) in [6.07, 6.45) is 6.89. The molecule has 0 amide bonds. The Labute approximate surface area is 194 Å². The lowest BCUT2D eigenvalue weighted by Crippen LogP contribution is -2.46. The molecule has 0 saturated carbocycles. The number of piperazine rings is 1. The van der Waals surface area contributed by atoms with Crippen LogP contribution in [0.4, 0.5) is 10.2 Å². The van der Waals surface area contributed by atoms with Crippen molar-refractivity contribution >= 4 is 18.2 Å². The van der Waals surface area contributed by atoms with Crippen LogP contribution in [0.3, 0.4) is 0 Å². The molecule has 172 valence electrons. The number of benzene rings is 1. The highest BCUT2D eigenvalue weighted by atomic mass is 35.5. The van der Waals surface area contributed by atoms with Crippen molar-refractivity contribution in [2.75, 3.05) is 31.1 Å². The van der Waals surface area contributed by atoms with E-state index in [4.69, 9.17) is 0 Å². The predicted molar refractivity (Wildman–Crippen MR) is 125 cm³/mol. The maximum atomic E-state index is 13.3. The lowest BCUT2D eigenvalue weighted by atomic mass is 10.1. The first kappa shape index (κ1) is 24.1. The van der Waals surface area contributed by atoms with Gasteiger partial charge in [-0.05, 0) is 30.2 Å². The fourth-order valence-corrected chi connectivity index (χ4v) is 3.74. The van der Waals surface area contributed by atoms with Crippen LogP contribution in [0, 0.1) is 11.7 Å². The van der Waals surface area contributed by atoms with Gasteiger partial charge in [-0.2, -0.15) is 5.10 Å². The van der Waals surface area contributed by atoms with Gasteiger partial charge in [-0.1, -0.05) is 13.8 Å². The van der Waals surface area contributed by atoms with Crippen LogP contribution in [0.1, 0.15) is 19.4 Å². The van der Waals surface area contributed by atoms with Gasteiger partial charge in [0.15, 0.2) is 5.82 Å². The number of hydrogen-bond acceptors (Lipinski definition) is 6. The molecule has 0 spiro atoms. The summed E-state index contributed by atoms with van der Waals surface area (Å²) in [5.74, 6) is 0.788. The fraction of sp³-hybridized carbons (Fsp3) is 0.435. The van der Waals surface area contributed by atoms with E-state index in [-0.39, 0.29) is 24.1 Å². The van der Waals surface area contributed by atoms with Gasteiger partial charge >= 0.3 is 0 Å². The van der Waals surface area contributed by atoms with Gasteiger partial charge in [0.1, 0.15) is 11.5 Å². The van der Waals surface area contributed by atoms with Gasteiger partial charge in [-0.25, -0.2) is 9.37 Å². The van der Waals surface area contributed by atoms with Crippen LogP contribution in [0.5, 0.6) is 0 Å². The Morgan fingerprint density at radius 3 is 2.41 bits per heavy atom. The Balaban J connectivity index is 0.00000289. The molecule has 1 aromatic carbocycles. The summed E-state index contributed by atoms with van der Waals surface area (Å²) in [7, 11) is 0. The quantitative estimate of drug-likeness (QED) is 0.583. The van der Waals surface area contributed by atoms with Gasteiger partial charge < -0.3 is 10.0 Å². The van der Waals surface area contributed by atoms with Gasteiger partial charge in [0.05, 0.1) is 18.8 Å². The number of anilines is 1. The molecule has 0 bridgehead atoms. The van der Waals surface area contributed by atoms with E-state index in [1.54, 1.807) is 24.5 Å². The van der Waals surface area contributed by atoms with Crippen molar-refractivity contribution in [2.24, 2.45) is 5.92 Å². The summed E-state index contributed by atoms with van der Waals surface area (Å²) >= 11 is 0. The summed E-state index contributed by atoms with van der Waals surface area (Å²) in [6, 6.07) is 6.39. The van der Waals surface area contributed by atoms with E-state index < -0.39 is 6.10 Å². The van der Waals surface area contributed by atoms with E-state index >= 15 is 0 Å². The highest BCUT2D eigenvalue weighted by Gasteiger charge is 2.22. The summed E-state index contributed by atoms with van der Waals surface area (Å²) in [6.45, 7) is 8.85. The number of aliphatic hydroxyl groups is 1. The first-order valence-electron chi connectivity index (χ1n) is 10.7. The average molecular weight is 461 g/mol. The Kier molecular flexibility index (Phi) is 8.17. The molecule has 4 rings (SSSR count). The molecule has 2 aromatic heterocycles. The predicted octanol–water partition coefficient (Wildman–Crippen LogP) is 3.24. The normalized spacial score (nSPS) is 15.6. The van der Waals surface area contributed by atoms with E-state index in [0.29, 0.717) is 6.54 Å². The molecule has 0 unspecified atom stereocenters. The molecular formula is C23H30ClFN6O. The summed E-state index contributed by atoms with van der Waals surface area (Å²) in [4.78, 5) is 13.7. The molecule has 1 atom stereocenters. The molecule has 1 saturated heterocycles. The first-order chi connectivity index (χ1) is 15.0. The molecule has 1 aliphatic heterocycles. The second kappa shape index (κ2) is 10.8. The van der Waals surface area contributed by atoms with Crippen molar-refractivity contribution in [1.29, 1.82) is 0 Å². The van der Waals surface area contributed by atoms with Crippen LogP contribution in [-0.2, 0) is 13.1 Å². The summed E-state index contributed by atoms with van der Waals surface area (Å²) in [5, 5.41) is 14.5. The lowest BCUT2D eigenvalue weighted by Gasteiger charge is -2.35. The van der Waals surface area contributed by atoms with E-state index in [0.717, 1.165) is 55.4 Å². The van der Waals surface area contributed by atoms with Crippen molar-refractivity contribution in [1.82, 2.24) is 24.6 Å². The van der Waals surface area contributed by atoms with Crippen molar-refractivity contribution in [3.8, 4) is 11.3 Å². The molecule has 1 fully saturated rings. The third-order valence-corrected chi connectivity index (χ3v) is 5.70. The summed E-state index contributed by atoms with van der Waals surface area (Å²) in [5.41, 5.74) is 2.79. The molecule has 1 N–H and O–H groups in total. The molecule has 9 heteroatoms. The number of aliphatic hydroxyl groups excluding tert-OH is 1. The van der Waals surface area contributed by atoms with Crippen molar-refractivity contribution in [3.05, 3.63) is 60.4 Å². The molecule has 7 nitrogen and oxygen atoms in total. The zero-order chi connectivity index (χ0) is 21.8. The summed E-state index contributed by atoms with van der Waals surface area (Å²) < 4.78 is 15.1. The molecule has 32 heavy (non-hydrogen) atoms. The van der Waals surface area contributed by atoms with Crippen LogP contribution >= 0.6 is 12.4 Å². The minimum Gasteiger partial charge on any atom is -0.391 e. The maximum absolute atomic E-state index is 13.3. The molecule has 0 aliphatic carbocycles. The Morgan fingerprint density at radius 2 is 1.72 bits per heavy atom. The van der Waals surface area contributed by atoms with E-state index in [9.17, 15) is 9.50 Å². The molecule has 1 aliphatic rings. The number of hydrogen-bond donors (Lipinski definition) is 1. The SMILES string of the molecule is CC(C)[C@@H](O)Cn1cc(CN2CCN(c3nccnc3-c3ccc(F)cc3)CC2)cn1.Cl. The van der Waals surface area contributed by atoms with Crippen LogP contribution in [-0.4, -0.2) is 62.0 Å². The van der Waals surface area contributed by atoms with E-state index in [1.165, 1.54) is 12.1 Å². The first-order valence-corrected chi connectivity index (χ1v) is 10.7. The Bertz CT molecular complexity index is 988. The second-order valence-electron chi connectivity index (χ2n) is 8.38. The van der Waals surface area contributed by atoms with Gasteiger partial charge in [0.25, 0.3) is 0 Å². The number of halogens is 2. The average Bonchev–Trinajstić information content (AvgIpc) is 3.21. The van der Waals surface area contributed by atoms with Crippen molar-refractivity contribution < 1.29 is 9.50 Å². The molecule has 3 heterocycles. The number of nitrogens with zero attached hydrogens (tertiary/aromatic N) is 6. The van der Waals surface area contributed by atoms with Crippen LogP contribution in [0.15, 0.2) is 49.1 Å². The fourth-order valence-electron chi connectivity index (χ4n) is 3.74. The monoisotopic (exact) mass is 460 g/mol. The third kappa shape index (κ3) is 5.82. The topological polar surface area (TPSA) is 70.3 Å². The number of rotatable bonds is 7. The standard InChI is InChI=1S/C23H29FN6O.ClH/c1-17(2)21(31)16-30-15-18(13-27-30)14-28-9-11-29(12-10-28)23-22(25-7-8-26-23)19-3-5-20(24)6-4-19;/h3-8,13,15,17,21,31H,9-12,14,16H2,1-2H3;1H/t21-;/m0./s1. The van der Waals surface area contributed by atoms with Crippen molar-refractivity contribution in [2.45, 2.75) is 33.0 Å². The Morgan fingerprint density at radius 1 is 1.03 bits per heavy atom. The zero-order valence-corrected chi connectivity index (χ0v) is 19.2. The highest BCUT2D eigenvalue weighted by Crippen LogP contribution is 2.27. The number of aromatic nitrogens is 4. The van der Waals surface area contributed by atoms with Gasteiger partial charge in [0, 0.05) is 62.4 Å². The van der Waals surface area contributed by atoms with E-state index in [1.807, 2.05) is 30.9 Å². The van der Waals surface area contributed by atoms with Crippen molar-refractivity contribution in [3.63, 3.8) is 0 Å².